The summed E-state index contributed by atoms with van der Waals surface area (Å²) in [5.41, 5.74) is 5.36. The van der Waals surface area contributed by atoms with Gasteiger partial charge in [0.25, 0.3) is 5.91 Å². The van der Waals surface area contributed by atoms with Crippen LogP contribution in [0.3, 0.4) is 0 Å². The molecular formula is C21H18BrN5O. The Morgan fingerprint density at radius 1 is 1.14 bits per heavy atom. The number of H-pyrrole nitrogens is 1. The highest BCUT2D eigenvalue weighted by molar-refractivity contribution is 9.10. The largest absolute Gasteiger partial charge is 0.321 e. The van der Waals surface area contributed by atoms with Crippen LogP contribution in [-0.2, 0) is 12.8 Å². The van der Waals surface area contributed by atoms with E-state index in [0.717, 1.165) is 63.7 Å². The number of nitrogens with zero attached hydrogens (tertiary/aromatic N) is 3. The number of amides is 1. The minimum atomic E-state index is -0.172. The molecule has 0 saturated carbocycles. The molecule has 0 radical (unpaired) electrons. The first-order chi connectivity index (χ1) is 13.7. The number of aromatic amines is 1. The minimum absolute atomic E-state index is 0.172. The summed E-state index contributed by atoms with van der Waals surface area (Å²) in [6.07, 6.45) is 5.76. The minimum Gasteiger partial charge on any atom is -0.321 e. The van der Waals surface area contributed by atoms with E-state index in [1.54, 1.807) is 6.20 Å². The molecular weight excluding hydrogens is 418 g/mol. The second-order valence-corrected chi connectivity index (χ2v) is 7.91. The fourth-order valence-electron chi connectivity index (χ4n) is 3.81. The Labute approximate surface area is 170 Å². The molecule has 1 amide bonds. The first-order valence-corrected chi connectivity index (χ1v) is 10.1. The molecule has 6 nitrogen and oxygen atoms in total. The fraction of sp³-hybridized carbons (Fsp3) is 0.190. The summed E-state index contributed by atoms with van der Waals surface area (Å²) in [5.74, 6) is -0.172. The third kappa shape index (κ3) is 3.01. The van der Waals surface area contributed by atoms with E-state index in [-0.39, 0.29) is 5.91 Å². The number of hydrogen-bond acceptors (Lipinski definition) is 3. The molecule has 0 aliphatic heterocycles. The van der Waals surface area contributed by atoms with Gasteiger partial charge in [0.05, 0.1) is 17.4 Å². The molecule has 0 atom stereocenters. The maximum atomic E-state index is 13.1. The lowest BCUT2D eigenvalue weighted by Gasteiger charge is -2.14. The average Bonchev–Trinajstić information content (AvgIpc) is 3.32. The number of hydrogen-bond donors (Lipinski definition) is 2. The number of nitrogens with one attached hydrogen (secondary N) is 2. The Kier molecular flexibility index (Phi) is 4.24. The van der Waals surface area contributed by atoms with Crippen LogP contribution in [0.15, 0.2) is 53.1 Å². The summed E-state index contributed by atoms with van der Waals surface area (Å²) in [7, 11) is 0. The van der Waals surface area contributed by atoms with Crippen molar-refractivity contribution in [3.8, 4) is 5.69 Å². The van der Waals surface area contributed by atoms with E-state index >= 15 is 0 Å². The van der Waals surface area contributed by atoms with Crippen molar-refractivity contribution >= 4 is 38.4 Å². The molecule has 0 spiro atoms. The molecule has 2 N–H and O–H groups in total. The number of aromatic nitrogens is 4. The summed E-state index contributed by atoms with van der Waals surface area (Å²) < 4.78 is 2.91. The predicted octanol–water partition coefficient (Wildman–Crippen LogP) is 4.64. The van der Waals surface area contributed by atoms with Gasteiger partial charge in [-0.3, -0.25) is 9.89 Å². The SMILES string of the molecule is O=C(Nc1ccc2[nH]ncc2c1)c1nn(-c2cccc(Br)c2)c2c1CCCC2. The van der Waals surface area contributed by atoms with Gasteiger partial charge in [0.1, 0.15) is 0 Å². The molecule has 5 rings (SSSR count). The van der Waals surface area contributed by atoms with Crippen LogP contribution >= 0.6 is 15.9 Å². The van der Waals surface area contributed by atoms with Crippen LogP contribution in [0.2, 0.25) is 0 Å². The molecule has 2 heterocycles. The maximum Gasteiger partial charge on any atom is 0.276 e. The number of anilines is 1. The van der Waals surface area contributed by atoms with Gasteiger partial charge in [-0.1, -0.05) is 22.0 Å². The standard InChI is InChI=1S/C21H18BrN5O/c22-14-4-3-5-16(11-14)27-19-7-2-1-6-17(19)20(26-27)21(28)24-15-8-9-18-13(10-15)12-23-25-18/h3-5,8-12H,1-2,6-7H2,(H,23,25)(H,24,28). The fourth-order valence-corrected chi connectivity index (χ4v) is 4.20. The van der Waals surface area contributed by atoms with Gasteiger partial charge in [0.2, 0.25) is 0 Å². The molecule has 7 heteroatoms. The third-order valence-corrected chi connectivity index (χ3v) is 5.64. The molecule has 0 unspecified atom stereocenters. The van der Waals surface area contributed by atoms with Gasteiger partial charge < -0.3 is 5.32 Å². The van der Waals surface area contributed by atoms with Gasteiger partial charge in [-0.05, 0) is 62.1 Å². The van der Waals surface area contributed by atoms with E-state index in [9.17, 15) is 4.79 Å². The van der Waals surface area contributed by atoms with Crippen molar-refractivity contribution < 1.29 is 4.79 Å². The number of rotatable bonds is 3. The molecule has 1 aliphatic rings. The van der Waals surface area contributed by atoms with Crippen LogP contribution in [0, 0.1) is 0 Å². The van der Waals surface area contributed by atoms with E-state index in [1.165, 1.54) is 0 Å². The molecule has 2 aromatic heterocycles. The van der Waals surface area contributed by atoms with Gasteiger partial charge in [-0.2, -0.15) is 10.2 Å². The van der Waals surface area contributed by atoms with Crippen molar-refractivity contribution in [2.45, 2.75) is 25.7 Å². The molecule has 4 aromatic rings. The zero-order valence-electron chi connectivity index (χ0n) is 15.1. The topological polar surface area (TPSA) is 75.6 Å². The van der Waals surface area contributed by atoms with Gasteiger partial charge in [-0.25, -0.2) is 4.68 Å². The lowest BCUT2D eigenvalue weighted by atomic mass is 9.95. The van der Waals surface area contributed by atoms with Crippen molar-refractivity contribution in [3.63, 3.8) is 0 Å². The lowest BCUT2D eigenvalue weighted by molar-refractivity contribution is 0.102. The van der Waals surface area contributed by atoms with Crippen LogP contribution in [0.1, 0.15) is 34.6 Å². The van der Waals surface area contributed by atoms with Crippen molar-refractivity contribution in [1.82, 2.24) is 20.0 Å². The van der Waals surface area contributed by atoms with Crippen molar-refractivity contribution in [2.75, 3.05) is 5.32 Å². The van der Waals surface area contributed by atoms with Crippen LogP contribution in [0.5, 0.6) is 0 Å². The van der Waals surface area contributed by atoms with Crippen LogP contribution in [0.4, 0.5) is 5.69 Å². The van der Waals surface area contributed by atoms with E-state index in [2.05, 4.69) is 31.4 Å². The summed E-state index contributed by atoms with van der Waals surface area (Å²) in [6, 6.07) is 13.7. The quantitative estimate of drug-likeness (QED) is 0.491. The smallest absolute Gasteiger partial charge is 0.276 e. The van der Waals surface area contributed by atoms with Crippen LogP contribution in [-0.4, -0.2) is 25.9 Å². The van der Waals surface area contributed by atoms with E-state index in [0.29, 0.717) is 5.69 Å². The number of benzene rings is 2. The summed E-state index contributed by atoms with van der Waals surface area (Å²) in [6.45, 7) is 0. The normalized spacial score (nSPS) is 13.5. The highest BCUT2D eigenvalue weighted by Crippen LogP contribution is 2.28. The molecule has 140 valence electrons. The number of carbonyl (C=O) groups excluding carboxylic acids is 1. The summed E-state index contributed by atoms with van der Waals surface area (Å²) in [4.78, 5) is 13.1. The van der Waals surface area contributed by atoms with E-state index in [1.807, 2.05) is 47.1 Å². The van der Waals surface area contributed by atoms with Crippen molar-refractivity contribution in [1.29, 1.82) is 0 Å². The molecule has 28 heavy (non-hydrogen) atoms. The highest BCUT2D eigenvalue weighted by atomic mass is 79.9. The van der Waals surface area contributed by atoms with Gasteiger partial charge >= 0.3 is 0 Å². The van der Waals surface area contributed by atoms with Gasteiger partial charge in [-0.15, -0.1) is 0 Å². The van der Waals surface area contributed by atoms with E-state index < -0.39 is 0 Å². The van der Waals surface area contributed by atoms with Gasteiger partial charge in [0, 0.05) is 26.8 Å². The van der Waals surface area contributed by atoms with Crippen LogP contribution < -0.4 is 5.32 Å². The molecule has 0 bridgehead atoms. The monoisotopic (exact) mass is 435 g/mol. The van der Waals surface area contributed by atoms with Crippen LogP contribution in [0.25, 0.3) is 16.6 Å². The predicted molar refractivity (Wildman–Crippen MR) is 112 cm³/mol. The van der Waals surface area contributed by atoms with E-state index in [4.69, 9.17) is 5.10 Å². The second kappa shape index (κ2) is 6.91. The first-order valence-electron chi connectivity index (χ1n) is 9.30. The Morgan fingerprint density at radius 3 is 2.93 bits per heavy atom. The number of halogens is 1. The zero-order valence-corrected chi connectivity index (χ0v) is 16.7. The Balaban J connectivity index is 1.52. The highest BCUT2D eigenvalue weighted by Gasteiger charge is 2.25. The second-order valence-electron chi connectivity index (χ2n) is 7.00. The number of fused-ring (bicyclic) bond motifs is 2. The molecule has 0 fully saturated rings. The molecule has 0 saturated heterocycles. The maximum absolute atomic E-state index is 13.1. The first kappa shape index (κ1) is 17.2. The summed E-state index contributed by atoms with van der Waals surface area (Å²) >= 11 is 3.52. The van der Waals surface area contributed by atoms with Crippen molar-refractivity contribution in [2.24, 2.45) is 0 Å². The van der Waals surface area contributed by atoms with Gasteiger partial charge in [0.15, 0.2) is 5.69 Å². The molecule has 1 aliphatic carbocycles. The zero-order chi connectivity index (χ0) is 19.1. The van der Waals surface area contributed by atoms with Crippen molar-refractivity contribution in [3.05, 3.63) is 70.1 Å². The lowest BCUT2D eigenvalue weighted by Crippen LogP contribution is -2.15. The summed E-state index contributed by atoms with van der Waals surface area (Å²) in [5, 5.41) is 15.6. The Bertz CT molecular complexity index is 1190. The molecule has 2 aromatic carbocycles. The number of carbonyl (C=O) groups is 1. The third-order valence-electron chi connectivity index (χ3n) is 5.15. The Morgan fingerprint density at radius 2 is 2.04 bits per heavy atom. The Hall–Kier alpha value is -2.93. The average molecular weight is 436 g/mol.